The van der Waals surface area contributed by atoms with Gasteiger partial charge in [0.25, 0.3) is 0 Å². The second-order valence-electron chi connectivity index (χ2n) is 4.56. The van der Waals surface area contributed by atoms with Crippen LogP contribution < -0.4 is 5.73 Å². The molecule has 0 amide bonds. The zero-order chi connectivity index (χ0) is 13.4. The largest absolute Gasteiger partial charge is 0.459 e. The van der Waals surface area contributed by atoms with Gasteiger partial charge in [-0.2, -0.15) is 0 Å². The van der Waals surface area contributed by atoms with Gasteiger partial charge in [0.1, 0.15) is 17.2 Å². The third-order valence-electron chi connectivity index (χ3n) is 3.15. The summed E-state index contributed by atoms with van der Waals surface area (Å²) in [5.74, 6) is 0.206. The van der Waals surface area contributed by atoms with Crippen molar-refractivity contribution in [1.29, 1.82) is 0 Å². The number of pyridine rings is 1. The Morgan fingerprint density at radius 2 is 2.11 bits per heavy atom. The van der Waals surface area contributed by atoms with Crippen LogP contribution in [0.1, 0.15) is 22.9 Å². The Morgan fingerprint density at radius 3 is 2.84 bits per heavy atom. The number of rotatable bonds is 2. The number of hydrogen-bond acceptors (Lipinski definition) is 3. The van der Waals surface area contributed by atoms with Crippen molar-refractivity contribution in [1.82, 2.24) is 4.98 Å². The Bertz CT molecular complexity index is 736. The van der Waals surface area contributed by atoms with Crippen molar-refractivity contribution in [3.8, 4) is 0 Å². The summed E-state index contributed by atoms with van der Waals surface area (Å²) in [4.78, 5) is 3.81. The average molecular weight is 256 g/mol. The number of nitrogens with zero attached hydrogens (tertiary/aromatic N) is 1. The Morgan fingerprint density at radius 1 is 1.26 bits per heavy atom. The predicted octanol–water partition coefficient (Wildman–Crippen LogP) is 3.32. The molecule has 0 saturated heterocycles. The molecule has 4 heteroatoms. The molecule has 0 radical (unpaired) electrons. The monoisotopic (exact) mass is 256 g/mol. The Hall–Kier alpha value is -2.20. The molecule has 3 nitrogen and oxygen atoms in total. The first-order valence-electron chi connectivity index (χ1n) is 6.00. The minimum absolute atomic E-state index is 0.403. The van der Waals surface area contributed by atoms with E-state index in [0.29, 0.717) is 11.3 Å². The van der Waals surface area contributed by atoms with Crippen LogP contribution in [0.25, 0.3) is 11.0 Å². The molecule has 0 aliphatic carbocycles. The molecule has 2 aromatic heterocycles. The van der Waals surface area contributed by atoms with Crippen molar-refractivity contribution in [2.45, 2.75) is 13.0 Å². The maximum Gasteiger partial charge on any atom is 0.141 e. The first-order valence-corrected chi connectivity index (χ1v) is 6.00. The van der Waals surface area contributed by atoms with E-state index in [1.165, 1.54) is 6.07 Å². The predicted molar refractivity (Wildman–Crippen MR) is 71.2 cm³/mol. The van der Waals surface area contributed by atoms with Crippen LogP contribution in [0, 0.1) is 12.7 Å². The lowest BCUT2D eigenvalue weighted by Gasteiger charge is -2.08. The lowest BCUT2D eigenvalue weighted by Crippen LogP contribution is -2.11. The van der Waals surface area contributed by atoms with Crippen molar-refractivity contribution in [3.63, 3.8) is 0 Å². The third-order valence-corrected chi connectivity index (χ3v) is 3.15. The zero-order valence-electron chi connectivity index (χ0n) is 10.4. The summed E-state index contributed by atoms with van der Waals surface area (Å²) >= 11 is 0. The molecule has 1 atom stereocenters. The van der Waals surface area contributed by atoms with Gasteiger partial charge in [-0.15, -0.1) is 0 Å². The van der Waals surface area contributed by atoms with E-state index in [4.69, 9.17) is 10.2 Å². The van der Waals surface area contributed by atoms with Gasteiger partial charge in [-0.05, 0) is 30.2 Å². The minimum atomic E-state index is -0.519. The second kappa shape index (κ2) is 4.48. The normalized spacial score (nSPS) is 12.8. The second-order valence-corrected chi connectivity index (χ2v) is 4.56. The lowest BCUT2D eigenvalue weighted by molar-refractivity contribution is 0.521. The quantitative estimate of drug-likeness (QED) is 0.765. The molecular weight excluding hydrogens is 243 g/mol. The highest BCUT2D eigenvalue weighted by Crippen LogP contribution is 2.28. The van der Waals surface area contributed by atoms with Crippen LogP contribution in [-0.4, -0.2) is 4.98 Å². The molecule has 0 bridgehead atoms. The summed E-state index contributed by atoms with van der Waals surface area (Å²) in [5, 5.41) is 0.995. The number of nitrogens with two attached hydrogens (primary N) is 1. The van der Waals surface area contributed by atoms with E-state index >= 15 is 0 Å². The number of aromatic nitrogens is 1. The molecule has 0 saturated carbocycles. The van der Waals surface area contributed by atoms with Crippen LogP contribution in [0.5, 0.6) is 0 Å². The molecule has 0 aliphatic rings. The molecule has 2 heterocycles. The van der Waals surface area contributed by atoms with E-state index in [0.717, 1.165) is 22.7 Å². The molecule has 3 aromatic rings. The topological polar surface area (TPSA) is 52.0 Å². The molecule has 0 aliphatic heterocycles. The SMILES string of the molecule is Cc1cccc2cc(C(N)c3cncc(F)c3)oc12. The van der Waals surface area contributed by atoms with E-state index in [-0.39, 0.29) is 0 Å². The Kier molecular flexibility index (Phi) is 2.80. The van der Waals surface area contributed by atoms with Gasteiger partial charge in [-0.3, -0.25) is 4.98 Å². The lowest BCUT2D eigenvalue weighted by atomic mass is 10.1. The van der Waals surface area contributed by atoms with E-state index in [1.54, 1.807) is 6.20 Å². The van der Waals surface area contributed by atoms with Crippen molar-refractivity contribution in [3.05, 3.63) is 65.4 Å². The van der Waals surface area contributed by atoms with Crippen LogP contribution in [0.3, 0.4) is 0 Å². The fourth-order valence-electron chi connectivity index (χ4n) is 2.14. The fourth-order valence-corrected chi connectivity index (χ4v) is 2.14. The summed E-state index contributed by atoms with van der Waals surface area (Å²) in [7, 11) is 0. The summed E-state index contributed by atoms with van der Waals surface area (Å²) in [5.41, 5.74) is 8.56. The Labute approximate surface area is 109 Å². The fraction of sp³-hybridized carbons (Fsp3) is 0.133. The number of benzene rings is 1. The maximum absolute atomic E-state index is 13.2. The van der Waals surface area contributed by atoms with E-state index in [1.807, 2.05) is 31.2 Å². The molecule has 96 valence electrons. The van der Waals surface area contributed by atoms with Gasteiger partial charge in [0.15, 0.2) is 0 Å². The minimum Gasteiger partial charge on any atom is -0.459 e. The van der Waals surface area contributed by atoms with Gasteiger partial charge in [0, 0.05) is 11.6 Å². The van der Waals surface area contributed by atoms with Gasteiger partial charge in [-0.1, -0.05) is 18.2 Å². The van der Waals surface area contributed by atoms with Crippen molar-refractivity contribution < 1.29 is 8.81 Å². The highest BCUT2D eigenvalue weighted by molar-refractivity contribution is 5.81. The first kappa shape index (κ1) is 11.9. The maximum atomic E-state index is 13.2. The number of aryl methyl sites for hydroxylation is 1. The number of para-hydroxylation sites is 1. The van der Waals surface area contributed by atoms with E-state index in [2.05, 4.69) is 4.98 Å². The molecule has 1 unspecified atom stereocenters. The van der Waals surface area contributed by atoms with Crippen LogP contribution in [0.4, 0.5) is 4.39 Å². The summed E-state index contributed by atoms with van der Waals surface area (Å²) in [6.07, 6.45) is 2.70. The van der Waals surface area contributed by atoms with Crippen LogP contribution in [0.2, 0.25) is 0 Å². The van der Waals surface area contributed by atoms with E-state index in [9.17, 15) is 4.39 Å². The van der Waals surface area contributed by atoms with Crippen LogP contribution in [-0.2, 0) is 0 Å². The van der Waals surface area contributed by atoms with Crippen LogP contribution in [0.15, 0.2) is 47.1 Å². The van der Waals surface area contributed by atoms with Crippen molar-refractivity contribution in [2.24, 2.45) is 5.73 Å². The Balaban J connectivity index is 2.06. The smallest absolute Gasteiger partial charge is 0.141 e. The number of furan rings is 1. The number of halogens is 1. The molecule has 19 heavy (non-hydrogen) atoms. The molecule has 0 fully saturated rings. The van der Waals surface area contributed by atoms with Gasteiger partial charge in [0.05, 0.1) is 12.2 Å². The van der Waals surface area contributed by atoms with Gasteiger partial charge in [-0.25, -0.2) is 4.39 Å². The standard InChI is InChI=1S/C15H13FN2O/c1-9-3-2-4-10-6-13(19-15(9)10)14(17)11-5-12(16)8-18-7-11/h2-8,14H,17H2,1H3. The number of hydrogen-bond donors (Lipinski definition) is 1. The zero-order valence-corrected chi connectivity index (χ0v) is 10.4. The molecule has 0 spiro atoms. The summed E-state index contributed by atoms with van der Waals surface area (Å²) in [6, 6.07) is 8.65. The van der Waals surface area contributed by atoms with Gasteiger partial charge >= 0.3 is 0 Å². The third kappa shape index (κ3) is 2.11. The average Bonchev–Trinajstić information content (AvgIpc) is 2.83. The summed E-state index contributed by atoms with van der Waals surface area (Å²) in [6.45, 7) is 1.98. The highest BCUT2D eigenvalue weighted by Gasteiger charge is 2.15. The summed E-state index contributed by atoms with van der Waals surface area (Å²) < 4.78 is 18.9. The highest BCUT2D eigenvalue weighted by atomic mass is 19.1. The molecular formula is C15H13FN2O. The van der Waals surface area contributed by atoms with Crippen LogP contribution >= 0.6 is 0 Å². The van der Waals surface area contributed by atoms with Gasteiger partial charge in [0.2, 0.25) is 0 Å². The molecule has 2 N–H and O–H groups in total. The molecule has 1 aromatic carbocycles. The van der Waals surface area contributed by atoms with E-state index < -0.39 is 11.9 Å². The number of fused-ring (bicyclic) bond motifs is 1. The van der Waals surface area contributed by atoms with Gasteiger partial charge < -0.3 is 10.2 Å². The first-order chi connectivity index (χ1) is 9.15. The molecule has 3 rings (SSSR count). The van der Waals surface area contributed by atoms with Crippen molar-refractivity contribution in [2.75, 3.05) is 0 Å². The van der Waals surface area contributed by atoms with Crippen molar-refractivity contribution >= 4 is 11.0 Å².